The summed E-state index contributed by atoms with van der Waals surface area (Å²) in [5.41, 5.74) is 6.10. The van der Waals surface area contributed by atoms with Crippen molar-refractivity contribution in [2.45, 2.75) is 64.1 Å². The van der Waals surface area contributed by atoms with E-state index in [1.807, 2.05) is 0 Å². The highest BCUT2D eigenvalue weighted by Crippen LogP contribution is 2.16. The molecule has 1 fully saturated rings. The average Bonchev–Trinajstić information content (AvgIpc) is 2.14. The normalized spacial score (nSPS) is 28.0. The molecule has 1 aliphatic carbocycles. The van der Waals surface area contributed by atoms with Gasteiger partial charge in [0, 0.05) is 30.7 Å². The van der Waals surface area contributed by atoms with Gasteiger partial charge in [-0.15, -0.1) is 0 Å². The molecule has 0 heterocycles. The van der Waals surface area contributed by atoms with Crippen LogP contribution in [0.2, 0.25) is 0 Å². The highest BCUT2D eigenvalue weighted by Gasteiger charge is 2.17. The molecule has 0 aromatic rings. The molecule has 0 aliphatic heterocycles. The number of rotatable bonds is 4. The maximum absolute atomic E-state index is 5.87. The second-order valence-electron chi connectivity index (χ2n) is 5.74. The summed E-state index contributed by atoms with van der Waals surface area (Å²) in [5.74, 6) is 0. The molecule has 3 nitrogen and oxygen atoms in total. The Hall–Kier alpha value is -0.120. The Morgan fingerprint density at radius 2 is 1.67 bits per heavy atom. The number of nitrogens with one attached hydrogen (secondary N) is 2. The molecule has 0 atom stereocenters. The lowest BCUT2D eigenvalue weighted by Gasteiger charge is -2.28. The van der Waals surface area contributed by atoms with Crippen LogP contribution in [0.1, 0.15) is 46.5 Å². The summed E-state index contributed by atoms with van der Waals surface area (Å²) in [7, 11) is 0. The minimum Gasteiger partial charge on any atom is -0.328 e. The molecule has 1 saturated carbocycles. The van der Waals surface area contributed by atoms with Crippen LogP contribution in [0.25, 0.3) is 0 Å². The van der Waals surface area contributed by atoms with E-state index in [-0.39, 0.29) is 5.54 Å². The van der Waals surface area contributed by atoms with E-state index in [1.54, 1.807) is 0 Å². The van der Waals surface area contributed by atoms with E-state index < -0.39 is 0 Å². The Morgan fingerprint density at radius 3 is 2.20 bits per heavy atom. The summed E-state index contributed by atoms with van der Waals surface area (Å²) in [6.07, 6.45) is 4.86. The van der Waals surface area contributed by atoms with Crippen molar-refractivity contribution in [1.29, 1.82) is 0 Å². The van der Waals surface area contributed by atoms with Crippen molar-refractivity contribution >= 4 is 0 Å². The van der Waals surface area contributed by atoms with E-state index in [2.05, 4.69) is 31.4 Å². The smallest absolute Gasteiger partial charge is 0.00970 e. The topological polar surface area (TPSA) is 50.1 Å². The van der Waals surface area contributed by atoms with E-state index in [4.69, 9.17) is 5.73 Å². The molecule has 0 radical (unpaired) electrons. The number of hydrogen-bond donors (Lipinski definition) is 3. The van der Waals surface area contributed by atoms with Gasteiger partial charge in [0.05, 0.1) is 0 Å². The predicted octanol–water partition coefficient (Wildman–Crippen LogP) is 1.23. The summed E-state index contributed by atoms with van der Waals surface area (Å²) in [6, 6.07) is 1.15. The molecule has 0 unspecified atom stereocenters. The zero-order chi connectivity index (χ0) is 11.3. The first-order valence-corrected chi connectivity index (χ1v) is 6.21. The van der Waals surface area contributed by atoms with Gasteiger partial charge in [-0.1, -0.05) is 0 Å². The minimum absolute atomic E-state index is 0.233. The monoisotopic (exact) mass is 213 g/mol. The van der Waals surface area contributed by atoms with Crippen molar-refractivity contribution in [3.05, 3.63) is 0 Å². The zero-order valence-electron chi connectivity index (χ0n) is 10.5. The molecule has 0 spiro atoms. The van der Waals surface area contributed by atoms with Crippen molar-refractivity contribution in [2.75, 3.05) is 13.1 Å². The molecule has 1 rings (SSSR count). The molecule has 0 saturated heterocycles. The fourth-order valence-corrected chi connectivity index (χ4v) is 2.04. The van der Waals surface area contributed by atoms with Gasteiger partial charge in [-0.25, -0.2) is 0 Å². The van der Waals surface area contributed by atoms with E-state index in [1.165, 1.54) is 25.7 Å². The Bertz CT molecular complexity index is 166. The van der Waals surface area contributed by atoms with Gasteiger partial charge in [-0.05, 0) is 46.5 Å². The van der Waals surface area contributed by atoms with Crippen LogP contribution < -0.4 is 16.4 Å². The van der Waals surface area contributed by atoms with Crippen LogP contribution in [0, 0.1) is 0 Å². The minimum atomic E-state index is 0.233. The Kier molecular flexibility index (Phi) is 5.03. The molecule has 0 aromatic carbocycles. The third kappa shape index (κ3) is 6.13. The van der Waals surface area contributed by atoms with Gasteiger partial charge in [-0.2, -0.15) is 0 Å². The Morgan fingerprint density at radius 1 is 1.07 bits per heavy atom. The molecule has 3 heteroatoms. The largest absolute Gasteiger partial charge is 0.328 e. The predicted molar refractivity (Wildman–Crippen MR) is 66.0 cm³/mol. The van der Waals surface area contributed by atoms with Gasteiger partial charge in [-0.3, -0.25) is 0 Å². The van der Waals surface area contributed by atoms with Crippen molar-refractivity contribution in [3.63, 3.8) is 0 Å². The maximum Gasteiger partial charge on any atom is 0.00970 e. The number of nitrogens with two attached hydrogens (primary N) is 1. The standard InChI is InChI=1S/C12H27N3/c1-12(2,3)15-9-8-14-11-6-4-10(13)5-7-11/h10-11,14-15H,4-9,13H2,1-3H3. The zero-order valence-corrected chi connectivity index (χ0v) is 10.5. The van der Waals surface area contributed by atoms with Crippen LogP contribution in [0.4, 0.5) is 0 Å². The molecular weight excluding hydrogens is 186 g/mol. The van der Waals surface area contributed by atoms with Gasteiger partial charge in [0.1, 0.15) is 0 Å². The van der Waals surface area contributed by atoms with Gasteiger partial charge in [0.2, 0.25) is 0 Å². The van der Waals surface area contributed by atoms with Crippen molar-refractivity contribution in [2.24, 2.45) is 5.73 Å². The van der Waals surface area contributed by atoms with Crippen LogP contribution >= 0.6 is 0 Å². The lowest BCUT2D eigenvalue weighted by molar-refractivity contribution is 0.334. The van der Waals surface area contributed by atoms with E-state index in [0.717, 1.165) is 13.1 Å². The van der Waals surface area contributed by atoms with Crippen molar-refractivity contribution in [3.8, 4) is 0 Å². The van der Waals surface area contributed by atoms with Crippen LogP contribution in [-0.2, 0) is 0 Å². The summed E-state index contributed by atoms with van der Waals surface area (Å²) in [4.78, 5) is 0. The van der Waals surface area contributed by atoms with Crippen molar-refractivity contribution < 1.29 is 0 Å². The first-order chi connectivity index (χ1) is 6.97. The second-order valence-corrected chi connectivity index (χ2v) is 5.74. The summed E-state index contributed by atoms with van der Waals surface area (Å²) in [5, 5.41) is 7.08. The fraction of sp³-hybridized carbons (Fsp3) is 1.00. The third-order valence-electron chi connectivity index (χ3n) is 2.99. The third-order valence-corrected chi connectivity index (χ3v) is 2.99. The SMILES string of the molecule is CC(C)(C)NCCNC1CCC(N)CC1. The van der Waals surface area contributed by atoms with E-state index >= 15 is 0 Å². The quantitative estimate of drug-likeness (QED) is 0.616. The van der Waals surface area contributed by atoms with Crippen LogP contribution in [-0.4, -0.2) is 30.7 Å². The van der Waals surface area contributed by atoms with Gasteiger partial charge < -0.3 is 16.4 Å². The van der Waals surface area contributed by atoms with Crippen molar-refractivity contribution in [1.82, 2.24) is 10.6 Å². The first kappa shape index (κ1) is 12.9. The molecule has 1 aliphatic rings. The molecule has 90 valence electrons. The van der Waals surface area contributed by atoms with E-state index in [9.17, 15) is 0 Å². The van der Waals surface area contributed by atoms with Crippen LogP contribution in [0.15, 0.2) is 0 Å². The highest BCUT2D eigenvalue weighted by molar-refractivity contribution is 4.79. The van der Waals surface area contributed by atoms with Gasteiger partial charge in [0.25, 0.3) is 0 Å². The molecular formula is C12H27N3. The molecule has 4 N–H and O–H groups in total. The van der Waals surface area contributed by atoms with E-state index in [0.29, 0.717) is 12.1 Å². The average molecular weight is 213 g/mol. The summed E-state index contributed by atoms with van der Waals surface area (Å²) >= 11 is 0. The second kappa shape index (κ2) is 5.83. The Labute approximate surface area is 94.2 Å². The van der Waals surface area contributed by atoms with Crippen LogP contribution in [0.3, 0.4) is 0 Å². The molecule has 15 heavy (non-hydrogen) atoms. The summed E-state index contributed by atoms with van der Waals surface area (Å²) in [6.45, 7) is 8.72. The molecule has 0 amide bonds. The number of hydrogen-bond acceptors (Lipinski definition) is 3. The highest BCUT2D eigenvalue weighted by atomic mass is 15.0. The lowest BCUT2D eigenvalue weighted by Crippen LogP contribution is -2.44. The first-order valence-electron chi connectivity index (χ1n) is 6.21. The maximum atomic E-state index is 5.87. The lowest BCUT2D eigenvalue weighted by atomic mass is 9.92. The summed E-state index contributed by atoms with van der Waals surface area (Å²) < 4.78 is 0. The van der Waals surface area contributed by atoms with Gasteiger partial charge >= 0.3 is 0 Å². The molecule has 0 aromatic heterocycles. The van der Waals surface area contributed by atoms with Gasteiger partial charge in [0.15, 0.2) is 0 Å². The fourth-order valence-electron chi connectivity index (χ4n) is 2.04. The van der Waals surface area contributed by atoms with Crippen LogP contribution in [0.5, 0.6) is 0 Å². The Balaban J connectivity index is 2.01. The molecule has 0 bridgehead atoms.